The summed E-state index contributed by atoms with van der Waals surface area (Å²) in [5.41, 5.74) is 2.95. The van der Waals surface area contributed by atoms with Crippen LogP contribution in [0.1, 0.15) is 16.7 Å². The second-order valence-electron chi connectivity index (χ2n) is 7.08. The summed E-state index contributed by atoms with van der Waals surface area (Å²) in [6.07, 6.45) is 3.66. The number of rotatable bonds is 6. The van der Waals surface area contributed by atoms with E-state index >= 15 is 0 Å². The Labute approximate surface area is 193 Å². The number of nitrogens with zero attached hydrogens (tertiary/aromatic N) is 4. The maximum absolute atomic E-state index is 13.8. The first kappa shape index (κ1) is 21.2. The average Bonchev–Trinajstić information content (AvgIpc) is 3.31. The Hall–Kier alpha value is -3.04. The molecule has 2 aromatic carbocycles. The third-order valence-corrected chi connectivity index (χ3v) is 5.37. The molecular weight excluding hydrogens is 479 g/mol. The number of benzene rings is 2. The number of aryl methyl sites for hydroxylation is 1. The van der Waals surface area contributed by atoms with Gasteiger partial charge in [-0.05, 0) is 46.7 Å². The summed E-state index contributed by atoms with van der Waals surface area (Å²) in [6.45, 7) is 3.05. The Kier molecular flexibility index (Phi) is 6.43. The molecule has 2 aromatic heterocycles. The van der Waals surface area contributed by atoms with Crippen LogP contribution in [0.4, 0.5) is 16.0 Å². The number of hydrogen-bond donors (Lipinski definition) is 2. The van der Waals surface area contributed by atoms with Crippen molar-refractivity contribution in [2.75, 3.05) is 10.6 Å². The van der Waals surface area contributed by atoms with Gasteiger partial charge in [0.05, 0.1) is 17.6 Å². The first-order valence-corrected chi connectivity index (χ1v) is 10.8. The van der Waals surface area contributed by atoms with Crippen LogP contribution in [0.15, 0.2) is 71.5 Å². The molecule has 9 heteroatoms. The van der Waals surface area contributed by atoms with Crippen molar-refractivity contribution in [2.45, 2.75) is 20.0 Å². The standard InChI is InChI=1S/C22H20BrFN6S/c1-15-6-8-16(9-7-15)12-30-14-18(23)21(28-30)26-22(31)25-20-10-11-29(27-20)13-17-4-2-3-5-19(17)24/h2-11,14H,12-13H2,1H3,(H2,25,26,27,28,31). The Morgan fingerprint density at radius 3 is 2.55 bits per heavy atom. The molecule has 4 aromatic rings. The fourth-order valence-electron chi connectivity index (χ4n) is 3.02. The van der Waals surface area contributed by atoms with Gasteiger partial charge in [0.25, 0.3) is 0 Å². The highest BCUT2D eigenvalue weighted by Gasteiger charge is 2.10. The van der Waals surface area contributed by atoms with Crippen LogP contribution in [-0.2, 0) is 13.1 Å². The molecule has 0 bridgehead atoms. The quantitative estimate of drug-likeness (QED) is 0.358. The van der Waals surface area contributed by atoms with Crippen molar-refractivity contribution < 1.29 is 4.39 Å². The molecule has 0 aliphatic rings. The molecular formula is C22H20BrFN6S. The normalized spacial score (nSPS) is 10.8. The van der Waals surface area contributed by atoms with Gasteiger partial charge in [-0.1, -0.05) is 48.0 Å². The zero-order valence-electron chi connectivity index (χ0n) is 16.7. The van der Waals surface area contributed by atoms with Gasteiger partial charge >= 0.3 is 0 Å². The minimum Gasteiger partial charge on any atom is -0.316 e. The number of nitrogens with one attached hydrogen (secondary N) is 2. The molecule has 0 aliphatic heterocycles. The molecule has 0 amide bonds. The highest BCUT2D eigenvalue weighted by atomic mass is 79.9. The van der Waals surface area contributed by atoms with Crippen molar-refractivity contribution in [3.63, 3.8) is 0 Å². The van der Waals surface area contributed by atoms with E-state index in [1.165, 1.54) is 11.6 Å². The van der Waals surface area contributed by atoms with Crippen molar-refractivity contribution in [3.05, 3.63) is 94.0 Å². The van der Waals surface area contributed by atoms with Crippen molar-refractivity contribution in [2.24, 2.45) is 0 Å². The molecule has 0 saturated heterocycles. The molecule has 4 rings (SSSR count). The largest absolute Gasteiger partial charge is 0.316 e. The average molecular weight is 499 g/mol. The first-order valence-electron chi connectivity index (χ1n) is 9.59. The van der Waals surface area contributed by atoms with Gasteiger partial charge in [-0.25, -0.2) is 4.39 Å². The SMILES string of the molecule is Cc1ccc(Cn2cc(Br)c(NC(=S)Nc3ccn(Cc4ccccc4F)n3)n2)cc1. The predicted octanol–water partition coefficient (Wildman–Crippen LogP) is 5.20. The van der Waals surface area contributed by atoms with Crippen LogP contribution in [-0.4, -0.2) is 24.7 Å². The monoisotopic (exact) mass is 498 g/mol. The number of anilines is 2. The van der Waals surface area contributed by atoms with Crippen molar-refractivity contribution >= 4 is 44.9 Å². The predicted molar refractivity (Wildman–Crippen MR) is 128 cm³/mol. The molecule has 0 spiro atoms. The van der Waals surface area contributed by atoms with E-state index in [9.17, 15) is 4.39 Å². The summed E-state index contributed by atoms with van der Waals surface area (Å²) in [7, 11) is 0. The van der Waals surface area contributed by atoms with Crippen LogP contribution in [0.3, 0.4) is 0 Å². The number of thiocarbonyl (C=S) groups is 1. The van der Waals surface area contributed by atoms with E-state index in [0.717, 1.165) is 10.0 Å². The van der Waals surface area contributed by atoms with Crippen LogP contribution in [0.2, 0.25) is 0 Å². The third-order valence-electron chi connectivity index (χ3n) is 4.59. The van der Waals surface area contributed by atoms with Gasteiger partial charge in [0, 0.05) is 24.0 Å². The molecule has 0 saturated carbocycles. The number of aromatic nitrogens is 4. The fraction of sp³-hybridized carbons (Fsp3) is 0.136. The Morgan fingerprint density at radius 1 is 1.00 bits per heavy atom. The van der Waals surface area contributed by atoms with Crippen molar-refractivity contribution in [3.8, 4) is 0 Å². The molecule has 2 heterocycles. The minimum atomic E-state index is -0.254. The zero-order valence-corrected chi connectivity index (χ0v) is 19.1. The Bertz CT molecular complexity index is 1200. The smallest absolute Gasteiger partial charge is 0.177 e. The van der Waals surface area contributed by atoms with Crippen LogP contribution in [0.5, 0.6) is 0 Å². The van der Waals surface area contributed by atoms with E-state index in [1.807, 2.05) is 10.9 Å². The zero-order chi connectivity index (χ0) is 21.8. The molecule has 158 valence electrons. The van der Waals surface area contributed by atoms with Gasteiger partial charge in [0.15, 0.2) is 16.7 Å². The number of halogens is 2. The minimum absolute atomic E-state index is 0.254. The molecule has 31 heavy (non-hydrogen) atoms. The molecule has 0 radical (unpaired) electrons. The van der Waals surface area contributed by atoms with E-state index in [-0.39, 0.29) is 5.82 Å². The summed E-state index contributed by atoms with van der Waals surface area (Å²) >= 11 is 8.90. The van der Waals surface area contributed by atoms with Crippen LogP contribution < -0.4 is 10.6 Å². The summed E-state index contributed by atoms with van der Waals surface area (Å²) in [5, 5.41) is 15.4. The van der Waals surface area contributed by atoms with Gasteiger partial charge < -0.3 is 10.6 Å². The lowest BCUT2D eigenvalue weighted by Crippen LogP contribution is -2.20. The number of hydrogen-bond acceptors (Lipinski definition) is 3. The molecule has 0 atom stereocenters. The van der Waals surface area contributed by atoms with E-state index in [2.05, 4.69) is 68.0 Å². The molecule has 0 fully saturated rings. The highest BCUT2D eigenvalue weighted by molar-refractivity contribution is 9.10. The Balaban J connectivity index is 1.36. The topological polar surface area (TPSA) is 59.7 Å². The maximum Gasteiger partial charge on any atom is 0.177 e. The maximum atomic E-state index is 13.8. The van der Waals surface area contributed by atoms with Gasteiger partial charge in [0.2, 0.25) is 0 Å². The lowest BCUT2D eigenvalue weighted by atomic mass is 10.1. The Morgan fingerprint density at radius 2 is 1.77 bits per heavy atom. The molecule has 6 nitrogen and oxygen atoms in total. The lowest BCUT2D eigenvalue weighted by Gasteiger charge is -2.07. The van der Waals surface area contributed by atoms with Gasteiger partial charge in [-0.3, -0.25) is 9.36 Å². The highest BCUT2D eigenvalue weighted by Crippen LogP contribution is 2.21. The summed E-state index contributed by atoms with van der Waals surface area (Å²) in [4.78, 5) is 0. The van der Waals surface area contributed by atoms with Crippen molar-refractivity contribution in [1.82, 2.24) is 19.6 Å². The second kappa shape index (κ2) is 9.40. The second-order valence-corrected chi connectivity index (χ2v) is 8.34. The van der Waals surface area contributed by atoms with Gasteiger partial charge in [-0.2, -0.15) is 10.2 Å². The molecule has 0 unspecified atom stereocenters. The summed E-state index contributed by atoms with van der Waals surface area (Å²) < 4.78 is 18.1. The van der Waals surface area contributed by atoms with Crippen molar-refractivity contribution in [1.29, 1.82) is 0 Å². The van der Waals surface area contributed by atoms with Gasteiger partial charge in [0.1, 0.15) is 5.82 Å². The van der Waals surface area contributed by atoms with Crippen LogP contribution in [0, 0.1) is 12.7 Å². The fourth-order valence-corrected chi connectivity index (χ4v) is 3.63. The van der Waals surface area contributed by atoms with E-state index in [1.54, 1.807) is 35.1 Å². The van der Waals surface area contributed by atoms with Crippen LogP contribution >= 0.6 is 28.1 Å². The van der Waals surface area contributed by atoms with E-state index in [0.29, 0.717) is 35.4 Å². The molecule has 0 aliphatic carbocycles. The lowest BCUT2D eigenvalue weighted by molar-refractivity contribution is 0.586. The van der Waals surface area contributed by atoms with E-state index in [4.69, 9.17) is 12.2 Å². The van der Waals surface area contributed by atoms with Crippen LogP contribution in [0.25, 0.3) is 0 Å². The summed E-state index contributed by atoms with van der Waals surface area (Å²) in [5.74, 6) is 0.912. The molecule has 2 N–H and O–H groups in total. The third kappa shape index (κ3) is 5.56. The van der Waals surface area contributed by atoms with E-state index < -0.39 is 0 Å². The summed E-state index contributed by atoms with van der Waals surface area (Å²) in [6, 6.07) is 16.8. The van der Waals surface area contributed by atoms with Gasteiger partial charge in [-0.15, -0.1) is 0 Å². The first-order chi connectivity index (χ1) is 15.0.